The molecule has 0 saturated carbocycles. The molecule has 0 fully saturated rings. The second kappa shape index (κ2) is 24.2. The van der Waals surface area contributed by atoms with E-state index in [1.165, 1.54) is 170 Å². The predicted octanol–water partition coefficient (Wildman–Crippen LogP) is 26.4. The number of rotatable bonds is 9. The van der Waals surface area contributed by atoms with Gasteiger partial charge in [0.15, 0.2) is 0 Å². The zero-order chi connectivity index (χ0) is 67.2. The van der Waals surface area contributed by atoms with Crippen molar-refractivity contribution in [2.45, 2.75) is 0 Å². The number of hydrogen-bond acceptors (Lipinski definition) is 0. The number of fused-ring (bicyclic) bond motifs is 15. The molecule has 0 unspecified atom stereocenters. The topological polar surface area (TPSA) is 19.7 Å². The number of hydrogen-bond donors (Lipinski definition) is 0. The molecule has 0 bridgehead atoms. The summed E-state index contributed by atoms with van der Waals surface area (Å²) in [5.74, 6) is 0. The molecule has 0 atom stereocenters. The van der Waals surface area contributed by atoms with Crippen molar-refractivity contribution in [2.24, 2.45) is 0 Å². The van der Waals surface area contributed by atoms with E-state index in [1.54, 1.807) is 0 Å². The standard InChI is InChI=1S/C50H32N2.C48H32N2/c1-2-12-33(13-3-1)34-22-26-38(27-23-34)51-46-20-10-8-18-42(46)44-28-24-36(31-49(44)51)35-25-29-48-45(30-35)43-19-9-11-21-47(43)52(48)50-32-37-14-4-5-15-39(37)40-16-6-7-17-41(40)50;1-3-12-33(13-4-1)35-22-26-39(27-23-35)49-45-20-9-7-18-41(45)43-28-24-38(32-48(43)49)37-25-29-47-44(31-37)42-19-8-10-21-46(42)50(47)40-17-11-16-36(30-40)34-14-5-2-6-15-34/h1-32H;1-32H. The van der Waals surface area contributed by atoms with E-state index in [1.807, 2.05) is 0 Å². The molecule has 4 nitrogen and oxygen atoms in total. The van der Waals surface area contributed by atoms with Gasteiger partial charge in [0.1, 0.15) is 0 Å². The Labute approximate surface area is 590 Å². The van der Waals surface area contributed by atoms with E-state index in [9.17, 15) is 0 Å². The Balaban J connectivity index is 0.000000137. The smallest absolute Gasteiger partial charge is 0.0547 e. The van der Waals surface area contributed by atoms with Gasteiger partial charge in [-0.25, -0.2) is 0 Å². The highest BCUT2D eigenvalue weighted by Gasteiger charge is 2.21. The van der Waals surface area contributed by atoms with Crippen molar-refractivity contribution in [1.29, 1.82) is 0 Å². The Kier molecular flexibility index (Phi) is 13.9. The Morgan fingerprint density at radius 3 is 0.922 bits per heavy atom. The van der Waals surface area contributed by atoms with Crippen LogP contribution < -0.4 is 0 Å². The third-order valence-electron chi connectivity index (χ3n) is 21.0. The molecule has 0 saturated heterocycles. The van der Waals surface area contributed by atoms with Gasteiger partial charge in [-0.1, -0.05) is 285 Å². The fourth-order valence-corrected chi connectivity index (χ4v) is 16.2. The van der Waals surface area contributed by atoms with Gasteiger partial charge >= 0.3 is 0 Å². The van der Waals surface area contributed by atoms with E-state index in [-0.39, 0.29) is 0 Å². The zero-order valence-corrected chi connectivity index (χ0v) is 55.7. The number of aromatic nitrogens is 4. The first-order valence-electron chi connectivity index (χ1n) is 35.1. The minimum atomic E-state index is 1.16. The first kappa shape index (κ1) is 58.6. The lowest BCUT2D eigenvalue weighted by atomic mass is 10.00. The van der Waals surface area contributed by atoms with Gasteiger partial charge in [-0.2, -0.15) is 0 Å². The second-order valence-electron chi connectivity index (χ2n) is 26.7. The van der Waals surface area contributed by atoms with Crippen molar-refractivity contribution in [2.75, 3.05) is 0 Å². The molecule has 0 aliphatic rings. The highest BCUT2D eigenvalue weighted by Crippen LogP contribution is 2.43. The first-order chi connectivity index (χ1) is 50.6. The minimum Gasteiger partial charge on any atom is -0.309 e. The molecule has 21 aromatic rings. The molecule has 4 heteroatoms. The number of benzene rings is 17. The molecule has 0 radical (unpaired) electrons. The van der Waals surface area contributed by atoms with Gasteiger partial charge in [-0.05, 0) is 175 Å². The van der Waals surface area contributed by atoms with Gasteiger partial charge in [0.05, 0.1) is 49.8 Å². The summed E-state index contributed by atoms with van der Waals surface area (Å²) < 4.78 is 9.69. The maximum Gasteiger partial charge on any atom is 0.0547 e. The Morgan fingerprint density at radius 1 is 0.127 bits per heavy atom. The monoisotopic (exact) mass is 1300 g/mol. The van der Waals surface area contributed by atoms with Gasteiger partial charge in [-0.3, -0.25) is 0 Å². The molecule has 0 amide bonds. The van der Waals surface area contributed by atoms with Crippen LogP contribution in [0.5, 0.6) is 0 Å². The van der Waals surface area contributed by atoms with Crippen molar-refractivity contribution in [3.8, 4) is 78.4 Å². The van der Waals surface area contributed by atoms with Gasteiger partial charge in [0.25, 0.3) is 0 Å². The van der Waals surface area contributed by atoms with Crippen LogP contribution in [0.4, 0.5) is 0 Å². The average molecular weight is 1300 g/mol. The van der Waals surface area contributed by atoms with E-state index in [0.29, 0.717) is 0 Å². The van der Waals surface area contributed by atoms with E-state index < -0.39 is 0 Å². The van der Waals surface area contributed by atoms with Gasteiger partial charge in [0.2, 0.25) is 0 Å². The highest BCUT2D eigenvalue weighted by molar-refractivity contribution is 6.17. The minimum absolute atomic E-state index is 1.16. The van der Waals surface area contributed by atoms with Crippen molar-refractivity contribution in [3.63, 3.8) is 0 Å². The van der Waals surface area contributed by atoms with Crippen molar-refractivity contribution in [3.05, 3.63) is 388 Å². The molecule has 0 aliphatic heterocycles. The predicted molar refractivity (Wildman–Crippen MR) is 432 cm³/mol. The fourth-order valence-electron chi connectivity index (χ4n) is 16.2. The lowest BCUT2D eigenvalue weighted by molar-refractivity contribution is 1.18. The van der Waals surface area contributed by atoms with Crippen LogP contribution in [0.3, 0.4) is 0 Å². The largest absolute Gasteiger partial charge is 0.309 e. The summed E-state index contributed by atoms with van der Waals surface area (Å²) >= 11 is 0. The summed E-state index contributed by atoms with van der Waals surface area (Å²) in [4.78, 5) is 0. The van der Waals surface area contributed by atoms with E-state index in [2.05, 4.69) is 407 Å². The van der Waals surface area contributed by atoms with Crippen LogP contribution in [0, 0.1) is 0 Å². The van der Waals surface area contributed by atoms with Crippen LogP contribution in [0.2, 0.25) is 0 Å². The maximum atomic E-state index is 2.46. The molecule has 4 heterocycles. The molecule has 102 heavy (non-hydrogen) atoms. The van der Waals surface area contributed by atoms with Crippen molar-refractivity contribution < 1.29 is 0 Å². The van der Waals surface area contributed by atoms with Crippen molar-refractivity contribution >= 4 is 109 Å². The molecule has 4 aromatic heterocycles. The molecule has 0 spiro atoms. The maximum absolute atomic E-state index is 2.46. The van der Waals surface area contributed by atoms with Crippen LogP contribution in [-0.2, 0) is 0 Å². The normalized spacial score (nSPS) is 11.7. The van der Waals surface area contributed by atoms with Gasteiger partial charge in [-0.15, -0.1) is 0 Å². The quantitative estimate of drug-likeness (QED) is 0.128. The number of para-hydroxylation sites is 4. The molecule has 21 rings (SSSR count). The first-order valence-corrected chi connectivity index (χ1v) is 35.1. The Morgan fingerprint density at radius 2 is 0.431 bits per heavy atom. The summed E-state index contributed by atoms with van der Waals surface area (Å²) in [6.07, 6.45) is 0. The summed E-state index contributed by atoms with van der Waals surface area (Å²) in [6.45, 7) is 0. The van der Waals surface area contributed by atoms with Crippen LogP contribution in [-0.4, -0.2) is 18.3 Å². The van der Waals surface area contributed by atoms with Crippen LogP contribution in [0.25, 0.3) is 187 Å². The highest BCUT2D eigenvalue weighted by atomic mass is 15.0. The summed E-state index contributed by atoms with van der Waals surface area (Å²) in [7, 11) is 0. The number of nitrogens with zero attached hydrogens (tertiary/aromatic N) is 4. The van der Waals surface area contributed by atoms with E-state index in [4.69, 9.17) is 0 Å². The van der Waals surface area contributed by atoms with Crippen molar-refractivity contribution in [1.82, 2.24) is 18.3 Å². The Bertz CT molecular complexity index is 6830. The molecule has 476 valence electrons. The van der Waals surface area contributed by atoms with Gasteiger partial charge in [0, 0.05) is 65.5 Å². The summed E-state index contributed by atoms with van der Waals surface area (Å²) in [6, 6.07) is 141. The summed E-state index contributed by atoms with van der Waals surface area (Å²) in [5.41, 5.74) is 26.5. The SMILES string of the molecule is c1ccc(-c2ccc(-n3c4ccccc4c4ccc(-c5ccc6c(c5)c5ccccc5n6-c5cc6ccccc6c6ccccc56)cc43)cc2)cc1.c1ccc(-c2ccc(-n3c4ccccc4c4ccc(-c5ccc6c(c5)c5ccccc5n6-c5cccc(-c6ccccc6)c5)cc43)cc2)cc1. The van der Waals surface area contributed by atoms with Gasteiger partial charge < -0.3 is 18.3 Å². The lowest BCUT2D eigenvalue weighted by Crippen LogP contribution is -1.96. The van der Waals surface area contributed by atoms with Crippen LogP contribution in [0.15, 0.2) is 388 Å². The van der Waals surface area contributed by atoms with Crippen LogP contribution >= 0.6 is 0 Å². The average Bonchev–Trinajstić information content (AvgIpc) is 1.55. The third kappa shape index (κ3) is 9.75. The summed E-state index contributed by atoms with van der Waals surface area (Å²) in [5, 5.41) is 15.1. The molecule has 0 N–H and O–H groups in total. The van der Waals surface area contributed by atoms with E-state index in [0.717, 1.165) is 17.1 Å². The molecular formula is C98H64N4. The zero-order valence-electron chi connectivity index (χ0n) is 55.7. The molecule has 17 aromatic carbocycles. The Hall–Kier alpha value is -13.5. The lowest BCUT2D eigenvalue weighted by Gasteiger charge is -2.14. The molecule has 0 aliphatic carbocycles. The van der Waals surface area contributed by atoms with E-state index >= 15 is 0 Å². The van der Waals surface area contributed by atoms with Crippen LogP contribution in [0.1, 0.15) is 0 Å². The second-order valence-corrected chi connectivity index (χ2v) is 26.7. The third-order valence-corrected chi connectivity index (χ3v) is 21.0. The fraction of sp³-hybridized carbons (Fsp3) is 0. The molecular weight excluding hydrogens is 1230 g/mol.